The molecular weight excluding hydrogens is 292 g/mol. The number of hydrogen-bond donors (Lipinski definition) is 1. The van der Waals surface area contributed by atoms with E-state index < -0.39 is 37.0 Å². The fraction of sp³-hybridized carbons (Fsp3) is 0.462. The van der Waals surface area contributed by atoms with Crippen molar-refractivity contribution in [1.82, 2.24) is 10.2 Å². The monoisotopic (exact) mass is 306 g/mol. The average Bonchev–Trinajstić information content (AvgIpc) is 2.76. The zero-order valence-corrected chi connectivity index (χ0v) is 11.2. The molecule has 1 aromatic rings. The maximum absolute atomic E-state index is 13.7. The van der Waals surface area contributed by atoms with Gasteiger partial charge in [0.15, 0.2) is 11.6 Å². The molecule has 8 heteroatoms. The Morgan fingerprint density at radius 3 is 2.71 bits per heavy atom. The summed E-state index contributed by atoms with van der Waals surface area (Å²) in [5, 5.41) is 2.78. The lowest BCUT2D eigenvalue weighted by Gasteiger charge is -2.25. The second kappa shape index (κ2) is 5.88. The van der Waals surface area contributed by atoms with Crippen LogP contribution in [0.2, 0.25) is 0 Å². The van der Waals surface area contributed by atoms with Gasteiger partial charge >= 0.3 is 6.18 Å². The highest BCUT2D eigenvalue weighted by Crippen LogP contribution is 2.28. The Morgan fingerprint density at radius 2 is 2.14 bits per heavy atom. The number of amides is 1. The summed E-state index contributed by atoms with van der Waals surface area (Å²) >= 11 is 0. The molecule has 1 heterocycles. The maximum atomic E-state index is 13.7. The molecule has 0 saturated carbocycles. The molecule has 1 amide bonds. The number of nitrogens with one attached hydrogen (secondary N) is 1. The Kier molecular flexibility index (Phi) is 4.36. The number of alkyl halides is 3. The minimum absolute atomic E-state index is 0.0323. The van der Waals surface area contributed by atoms with Crippen LogP contribution in [0.15, 0.2) is 18.2 Å². The van der Waals surface area contributed by atoms with E-state index >= 15 is 0 Å². The van der Waals surface area contributed by atoms with E-state index in [1.807, 2.05) is 0 Å². The van der Waals surface area contributed by atoms with Crippen LogP contribution in [0.3, 0.4) is 0 Å². The Hall–Kier alpha value is -1.83. The minimum Gasteiger partial charge on any atom is -0.494 e. The molecular formula is C13H14F4N2O2. The van der Waals surface area contributed by atoms with Gasteiger partial charge in [0.25, 0.3) is 0 Å². The van der Waals surface area contributed by atoms with Gasteiger partial charge in [0, 0.05) is 6.54 Å². The zero-order chi connectivity index (χ0) is 15.6. The second-order valence-corrected chi connectivity index (χ2v) is 4.63. The first kappa shape index (κ1) is 15.6. The number of nitrogens with zero attached hydrogens (tertiary/aromatic N) is 1. The molecule has 2 rings (SSSR count). The van der Waals surface area contributed by atoms with Crippen LogP contribution in [0.25, 0.3) is 0 Å². The van der Waals surface area contributed by atoms with E-state index in [9.17, 15) is 22.4 Å². The van der Waals surface area contributed by atoms with Gasteiger partial charge in [-0.15, -0.1) is 0 Å². The van der Waals surface area contributed by atoms with Crippen LogP contribution in [0.4, 0.5) is 17.6 Å². The Labute approximate surface area is 118 Å². The number of hydrogen-bond acceptors (Lipinski definition) is 3. The lowest BCUT2D eigenvalue weighted by molar-refractivity contribution is -0.144. The van der Waals surface area contributed by atoms with Crippen molar-refractivity contribution in [3.63, 3.8) is 0 Å². The maximum Gasteiger partial charge on any atom is 0.390 e. The quantitative estimate of drug-likeness (QED) is 0.867. The van der Waals surface area contributed by atoms with Crippen LogP contribution < -0.4 is 10.1 Å². The number of halogens is 4. The second-order valence-electron chi connectivity index (χ2n) is 4.63. The molecule has 1 atom stereocenters. The third-order valence-electron chi connectivity index (χ3n) is 3.21. The molecule has 0 bridgehead atoms. The van der Waals surface area contributed by atoms with E-state index in [2.05, 4.69) is 5.32 Å². The summed E-state index contributed by atoms with van der Waals surface area (Å²) in [7, 11) is 1.31. The molecule has 1 aliphatic rings. The predicted molar refractivity (Wildman–Crippen MR) is 66.1 cm³/mol. The lowest BCUT2D eigenvalue weighted by Crippen LogP contribution is -2.33. The molecule has 4 nitrogen and oxygen atoms in total. The van der Waals surface area contributed by atoms with Gasteiger partial charge in [-0.1, -0.05) is 6.07 Å². The van der Waals surface area contributed by atoms with Crippen LogP contribution in [0, 0.1) is 5.82 Å². The van der Waals surface area contributed by atoms with Crippen molar-refractivity contribution in [2.75, 3.05) is 20.2 Å². The van der Waals surface area contributed by atoms with Crippen molar-refractivity contribution in [3.05, 3.63) is 29.6 Å². The smallest absolute Gasteiger partial charge is 0.390 e. The highest BCUT2D eigenvalue weighted by atomic mass is 19.4. The van der Waals surface area contributed by atoms with Gasteiger partial charge < -0.3 is 9.64 Å². The number of carbonyl (C=O) groups is 1. The van der Waals surface area contributed by atoms with Crippen LogP contribution in [-0.2, 0) is 4.79 Å². The molecule has 0 radical (unpaired) electrons. The van der Waals surface area contributed by atoms with Crippen molar-refractivity contribution in [2.24, 2.45) is 0 Å². The normalized spacial score (nSPS) is 19.2. The molecule has 0 aromatic heterocycles. The zero-order valence-electron chi connectivity index (χ0n) is 11.2. The van der Waals surface area contributed by atoms with Crippen molar-refractivity contribution in [3.8, 4) is 5.75 Å². The van der Waals surface area contributed by atoms with E-state index in [-0.39, 0.29) is 12.3 Å². The molecule has 0 spiro atoms. The topological polar surface area (TPSA) is 41.6 Å². The molecule has 1 aromatic carbocycles. The number of ether oxygens (including phenoxy) is 1. The van der Waals surface area contributed by atoms with E-state index in [1.165, 1.54) is 19.2 Å². The van der Waals surface area contributed by atoms with Crippen LogP contribution in [0.5, 0.6) is 5.75 Å². The average molecular weight is 306 g/mol. The van der Waals surface area contributed by atoms with Gasteiger partial charge in [-0.05, 0) is 17.7 Å². The molecule has 1 saturated heterocycles. The minimum atomic E-state index is -4.35. The molecule has 1 fully saturated rings. The summed E-state index contributed by atoms with van der Waals surface area (Å²) in [4.78, 5) is 12.7. The fourth-order valence-corrected chi connectivity index (χ4v) is 2.19. The van der Waals surface area contributed by atoms with Crippen molar-refractivity contribution < 1.29 is 27.1 Å². The number of rotatable bonds is 4. The highest BCUT2D eigenvalue weighted by molar-refractivity contribution is 5.80. The van der Waals surface area contributed by atoms with Crippen LogP contribution >= 0.6 is 0 Å². The van der Waals surface area contributed by atoms with Gasteiger partial charge in [-0.3, -0.25) is 10.1 Å². The first-order chi connectivity index (χ1) is 9.81. The van der Waals surface area contributed by atoms with Crippen LogP contribution in [0.1, 0.15) is 18.2 Å². The van der Waals surface area contributed by atoms with Crippen molar-refractivity contribution in [2.45, 2.75) is 18.8 Å². The van der Waals surface area contributed by atoms with Gasteiger partial charge in [-0.25, -0.2) is 4.39 Å². The molecule has 1 unspecified atom stereocenters. The molecule has 116 valence electrons. The summed E-state index contributed by atoms with van der Waals surface area (Å²) in [5.41, 5.74) is 0.376. The fourth-order valence-electron chi connectivity index (χ4n) is 2.19. The Bertz CT molecular complexity index is 533. The van der Waals surface area contributed by atoms with E-state index in [0.29, 0.717) is 5.56 Å². The summed E-state index contributed by atoms with van der Waals surface area (Å²) in [6.07, 6.45) is -6.21. The largest absolute Gasteiger partial charge is 0.494 e. The van der Waals surface area contributed by atoms with Crippen LogP contribution in [-0.4, -0.2) is 37.2 Å². The molecule has 1 aliphatic heterocycles. The Balaban J connectivity index is 2.17. The summed E-state index contributed by atoms with van der Waals surface area (Å²) in [5.74, 6) is -1.04. The number of benzene rings is 1. The van der Waals surface area contributed by atoms with Gasteiger partial charge in [0.1, 0.15) is 6.17 Å². The Morgan fingerprint density at radius 1 is 1.43 bits per heavy atom. The molecule has 0 aliphatic carbocycles. The van der Waals surface area contributed by atoms with Crippen molar-refractivity contribution in [1.29, 1.82) is 0 Å². The van der Waals surface area contributed by atoms with Gasteiger partial charge in [0.05, 0.1) is 20.1 Å². The molecule has 21 heavy (non-hydrogen) atoms. The summed E-state index contributed by atoms with van der Waals surface area (Å²) in [6.45, 7) is -0.538. The van der Waals surface area contributed by atoms with Gasteiger partial charge in [0.2, 0.25) is 5.91 Å². The predicted octanol–water partition coefficient (Wildman–Crippen LogP) is 2.22. The standard InChI is InChI=1S/C13H14F4N2O2/c1-21-10-3-2-8(6-9(10)14)12-18-7-11(20)19(12)5-4-13(15,16)17/h2-3,6,12,18H,4-5,7H2,1H3. The first-order valence-electron chi connectivity index (χ1n) is 6.25. The number of methoxy groups -OCH3 is 1. The van der Waals surface area contributed by atoms with Crippen molar-refractivity contribution >= 4 is 5.91 Å². The van der Waals surface area contributed by atoms with E-state index in [0.717, 1.165) is 11.0 Å². The first-order valence-corrected chi connectivity index (χ1v) is 6.25. The third-order valence-corrected chi connectivity index (χ3v) is 3.21. The number of carbonyl (C=O) groups excluding carboxylic acids is 1. The van der Waals surface area contributed by atoms with E-state index in [4.69, 9.17) is 4.74 Å². The summed E-state index contributed by atoms with van der Waals surface area (Å²) in [6, 6.07) is 4.03. The SMILES string of the molecule is COc1ccc(C2NCC(=O)N2CCC(F)(F)F)cc1F. The highest BCUT2D eigenvalue weighted by Gasteiger charge is 2.35. The molecule has 1 N–H and O–H groups in total. The third kappa shape index (κ3) is 3.63. The van der Waals surface area contributed by atoms with E-state index in [1.54, 1.807) is 0 Å². The van der Waals surface area contributed by atoms with Gasteiger partial charge in [-0.2, -0.15) is 13.2 Å². The summed E-state index contributed by atoms with van der Waals surface area (Å²) < 4.78 is 55.3. The lowest BCUT2D eigenvalue weighted by atomic mass is 10.1.